The van der Waals surface area contributed by atoms with E-state index in [-0.39, 0.29) is 88.7 Å². The molecular formula is C88H122N24O21S. The van der Waals surface area contributed by atoms with Gasteiger partial charge in [0.25, 0.3) is 0 Å². The third kappa shape index (κ3) is 28.4. The molecule has 0 saturated carbocycles. The number of imidazole rings is 1. The minimum Gasteiger partial charge on any atom is -0.508 e. The minimum absolute atomic E-state index is 0.0208. The lowest BCUT2D eigenvalue weighted by Gasteiger charge is -2.36. The Morgan fingerprint density at radius 1 is 0.530 bits per heavy atom. The number of hydrogen-bond donors (Lipinski definition) is 22. The van der Waals surface area contributed by atoms with E-state index in [2.05, 4.69) is 78.4 Å². The van der Waals surface area contributed by atoms with Crippen LogP contribution in [0.15, 0.2) is 97.7 Å². The van der Waals surface area contributed by atoms with Crippen LogP contribution in [0.4, 0.5) is 0 Å². The molecule has 6 heterocycles. The number of para-hydroxylation sites is 2. The predicted molar refractivity (Wildman–Crippen MR) is 487 cm³/mol. The van der Waals surface area contributed by atoms with Crippen LogP contribution in [0.1, 0.15) is 120 Å². The zero-order chi connectivity index (χ0) is 97.7. The number of aromatic nitrogens is 4. The monoisotopic (exact) mass is 1880 g/mol. The fraction of sp³-hybridized carbons (Fsp3) is 0.511. The molecule has 46 heteroatoms. The highest BCUT2D eigenvalue weighted by Gasteiger charge is 2.47. The lowest BCUT2D eigenvalue weighted by atomic mass is 10.00. The highest BCUT2D eigenvalue weighted by Crippen LogP contribution is 2.28. The molecule has 1 unspecified atom stereocenters. The number of amides is 17. The molecule has 3 saturated heterocycles. The number of fused-ring (bicyclic) bond motifs is 4. The molecule has 0 aliphatic carbocycles. The maximum atomic E-state index is 15.7. The number of H-pyrrole nitrogens is 3. The van der Waals surface area contributed by atoms with Crippen LogP contribution in [-0.2, 0) is 107 Å². The van der Waals surface area contributed by atoms with Crippen molar-refractivity contribution in [3.8, 4) is 5.75 Å². The molecule has 25 N–H and O–H groups in total. The van der Waals surface area contributed by atoms with Crippen LogP contribution in [-0.4, -0.2) is 334 Å². The molecule has 0 spiro atoms. The van der Waals surface area contributed by atoms with Crippen molar-refractivity contribution in [1.29, 1.82) is 5.41 Å². The second kappa shape index (κ2) is 49.6. The number of likely N-dealkylation sites (N-methyl/N-ethyl adjacent to an activating group) is 3. The van der Waals surface area contributed by atoms with E-state index in [0.717, 1.165) is 36.3 Å². The van der Waals surface area contributed by atoms with Gasteiger partial charge in [0, 0.05) is 125 Å². The van der Waals surface area contributed by atoms with Gasteiger partial charge in [-0.3, -0.25) is 86.9 Å². The normalized spacial score (nSPS) is 24.8. The Hall–Kier alpha value is -13.8. The summed E-state index contributed by atoms with van der Waals surface area (Å²) in [5, 5.41) is 81.1. The van der Waals surface area contributed by atoms with Crippen molar-refractivity contribution in [3.63, 3.8) is 0 Å². The summed E-state index contributed by atoms with van der Waals surface area (Å²) in [7, 11) is 3.86. The number of aromatic amines is 3. The van der Waals surface area contributed by atoms with Gasteiger partial charge < -0.3 is 136 Å². The van der Waals surface area contributed by atoms with E-state index in [0.29, 0.717) is 64.2 Å². The fourth-order valence-corrected chi connectivity index (χ4v) is 17.1. The number of phenols is 1. The van der Waals surface area contributed by atoms with Crippen LogP contribution in [0.5, 0.6) is 5.75 Å². The predicted octanol–water partition coefficient (Wildman–Crippen LogP) is -4.98. The van der Waals surface area contributed by atoms with Crippen LogP contribution in [0, 0.1) is 5.41 Å². The quantitative estimate of drug-likeness (QED) is 0.0145. The number of aliphatic hydroxyl groups excluding tert-OH is 3. The number of nitrogens with zero attached hydrogens (tertiary/aromatic N) is 6. The molecule has 3 aliphatic rings. The number of carbonyl (C=O) groups excluding carboxylic acids is 17. The van der Waals surface area contributed by atoms with Crippen molar-refractivity contribution in [3.05, 3.63) is 120 Å². The van der Waals surface area contributed by atoms with Crippen LogP contribution in [0.2, 0.25) is 0 Å². The van der Waals surface area contributed by atoms with Crippen molar-refractivity contribution >= 4 is 140 Å². The lowest BCUT2D eigenvalue weighted by molar-refractivity contribution is -0.149. The Morgan fingerprint density at radius 3 is 1.66 bits per heavy atom. The SMILES string of the molecule is CCCC[C@H]1C(=O)N(C)[C@@H](CCCC)C(=O)N[C@@H](CCCNC(=N)N)C(=O)NC(C(=O)NCC(N)=O)CSCC(=O)N[C@@H](Cc2ccc(O)cc2)C(=O)N(C)[C@@H](C)C(=O)N[C@@H](CC(N)=O)C(=O)N2CCC[C@H]2C(=O)N[C@@H](Cc2cnc[nH]2)C(=O)N[C@@H](CO)C(=O)N2C[C@H](O)C[C@H]2C(=O)N[C@@H](Cc2c[nH]c3ccccc23)C(=O)N[C@@H](CO)C(=O)N[C@@H](Cc2c[nH]c3ccccc23)C(=O)N1C. The maximum Gasteiger partial charge on any atom is 0.248 e. The number of unbranched alkanes of at least 4 members (excludes halogenated alkanes) is 2. The number of benzene rings is 3. The van der Waals surface area contributed by atoms with E-state index in [1.165, 1.54) is 64.9 Å². The number of nitrogens with two attached hydrogens (primary N) is 3. The van der Waals surface area contributed by atoms with E-state index in [9.17, 15) is 73.2 Å². The Labute approximate surface area is 775 Å². The van der Waals surface area contributed by atoms with Gasteiger partial charge in [-0.15, -0.1) is 11.8 Å². The Morgan fingerprint density at radius 2 is 1.06 bits per heavy atom. The van der Waals surface area contributed by atoms with Gasteiger partial charge >= 0.3 is 0 Å². The van der Waals surface area contributed by atoms with E-state index in [1.807, 2.05) is 13.8 Å². The molecule has 6 aromatic rings. The van der Waals surface area contributed by atoms with Crippen molar-refractivity contribution in [2.75, 3.05) is 72.0 Å². The fourth-order valence-electron chi connectivity index (χ4n) is 16.3. The highest BCUT2D eigenvalue weighted by atomic mass is 32.2. The van der Waals surface area contributed by atoms with Gasteiger partial charge in [-0.2, -0.15) is 0 Å². The molecule has 3 aliphatic heterocycles. The van der Waals surface area contributed by atoms with Gasteiger partial charge in [-0.25, -0.2) is 4.98 Å². The number of aromatic hydroxyl groups is 1. The number of rotatable bonds is 25. The van der Waals surface area contributed by atoms with E-state index in [4.69, 9.17) is 22.6 Å². The van der Waals surface area contributed by atoms with Crippen LogP contribution in [0.25, 0.3) is 21.8 Å². The minimum atomic E-state index is -1.93. The smallest absolute Gasteiger partial charge is 0.248 e. The van der Waals surface area contributed by atoms with E-state index < -0.39 is 248 Å². The number of guanidine groups is 1. The largest absolute Gasteiger partial charge is 0.508 e. The van der Waals surface area contributed by atoms with Crippen molar-refractivity contribution in [2.45, 2.75) is 214 Å². The van der Waals surface area contributed by atoms with Crippen LogP contribution in [0.3, 0.4) is 0 Å². The molecule has 17 amide bonds. The summed E-state index contributed by atoms with van der Waals surface area (Å²) in [5.41, 5.74) is 19.5. The topological polar surface area (TPSA) is 682 Å². The number of aliphatic hydroxyl groups is 3. The first-order chi connectivity index (χ1) is 63.9. The van der Waals surface area contributed by atoms with Crippen LogP contribution < -0.4 is 75.7 Å². The summed E-state index contributed by atoms with van der Waals surface area (Å²) >= 11 is 0.751. The van der Waals surface area contributed by atoms with Gasteiger partial charge in [0.15, 0.2) is 5.96 Å². The van der Waals surface area contributed by atoms with E-state index in [1.54, 1.807) is 60.9 Å². The third-order valence-corrected chi connectivity index (χ3v) is 24.8. The van der Waals surface area contributed by atoms with Crippen molar-refractivity contribution in [1.82, 2.24) is 103 Å². The molecule has 3 aromatic carbocycles. The molecule has 134 heavy (non-hydrogen) atoms. The second-order valence-electron chi connectivity index (χ2n) is 33.5. The third-order valence-electron chi connectivity index (χ3n) is 23.8. The van der Waals surface area contributed by atoms with Gasteiger partial charge in [0.1, 0.15) is 90.3 Å². The summed E-state index contributed by atoms with van der Waals surface area (Å²) in [6.45, 7) is 1.15. The zero-order valence-corrected chi connectivity index (χ0v) is 76.2. The molecular weight excluding hydrogens is 1760 g/mol. The average Bonchev–Trinajstić information content (AvgIpc) is 1.67. The zero-order valence-electron chi connectivity index (χ0n) is 75.4. The summed E-state index contributed by atoms with van der Waals surface area (Å²) in [6, 6.07) is -3.32. The first-order valence-electron chi connectivity index (χ1n) is 44.3. The average molecular weight is 1880 g/mol. The summed E-state index contributed by atoms with van der Waals surface area (Å²) in [6.07, 6.45) is 3.12. The number of phenolic OH excluding ortho intramolecular Hbond substituents is 1. The second-order valence-corrected chi connectivity index (χ2v) is 34.6. The molecule has 3 fully saturated rings. The summed E-state index contributed by atoms with van der Waals surface area (Å²) in [4.78, 5) is 267. The summed E-state index contributed by atoms with van der Waals surface area (Å²) in [5.74, 6) is -18.5. The molecule has 45 nitrogen and oxygen atoms in total. The number of carbonyl (C=O) groups is 17. The number of nitrogens with one attached hydrogen (secondary N) is 15. The standard InChI is InChI=1S/C88H122N24O21S/c1-7-9-22-67-80(126)100-58(21-15-29-94-88(91)92)76(122)107-66(75(121)97-40-72(90)118)44-134-45-73(119)99-61(31-48-25-27-52(115)28-26-48)83(129)108(4)47(3)74(120)103-63(36-71(89)117)85(131)111-30-16-24-68(111)81(127)102-60(34-51-39-93-46-98-51)78(124)106-65(43-114)86(132)112-41-53(116)35-70(112)82(128)101-59(32-49-37-95-56-19-13-11-17-54(49)56)77(123)105-64(42-113)79(125)104-62(33-50-38-96-57-20-14-12-18-55(50)57)84(130)110(6)69(23-10-8-2)87(133)109(67)5/h11-14,17-20,25-28,37-39,46-47,53,58-70,95-96,113-116H,7-10,15-16,21-24,29-36,40-45H2,1-6H3,(H2,89,117)(H2,90,118)(H,93,98)(H,97,121)(H,99,119)(H,100,126)(H,101,128)(H,102,127)(H,103,120)(H,104,125)(H,105,123)(H,106,124)(H,107,122)(H4,91,92,94)/t47-,53+,58-,59-,60-,61-,62-,63-,64-,65-,66?,67-,68-,69-,70-/m0/s1. The molecule has 15 atom stereocenters. The Balaban J connectivity index is 1.09. The van der Waals surface area contributed by atoms with Gasteiger partial charge in [-0.05, 0) is 86.4 Å². The molecule has 3 aromatic heterocycles. The molecule has 0 radical (unpaired) electrons. The van der Waals surface area contributed by atoms with Gasteiger partial charge in [0.2, 0.25) is 100 Å². The van der Waals surface area contributed by atoms with Gasteiger partial charge in [0.05, 0.1) is 44.4 Å². The molecule has 0 bridgehead atoms. The first kappa shape index (κ1) is 104. The molecule has 9 rings (SSSR count). The van der Waals surface area contributed by atoms with Crippen molar-refractivity contribution < 1.29 is 102 Å². The Bertz CT molecular complexity index is 5190. The van der Waals surface area contributed by atoms with Crippen molar-refractivity contribution in [2.24, 2.45) is 17.2 Å². The maximum absolute atomic E-state index is 15.7. The van der Waals surface area contributed by atoms with Gasteiger partial charge in [-0.1, -0.05) is 88.1 Å². The van der Waals surface area contributed by atoms with Crippen LogP contribution >= 0.6 is 11.8 Å². The number of hydrogen-bond acceptors (Lipinski definition) is 24. The summed E-state index contributed by atoms with van der Waals surface area (Å²) < 4.78 is 0. The number of thioether (sulfide) groups is 1. The van der Waals surface area contributed by atoms with E-state index >= 15 is 28.8 Å². The highest BCUT2D eigenvalue weighted by molar-refractivity contribution is 8.00. The number of primary amides is 2. The first-order valence-corrected chi connectivity index (χ1v) is 45.5. The molecule has 726 valence electrons. The lowest BCUT2D eigenvalue weighted by Crippen LogP contribution is -2.62. The Kier molecular flexibility index (Phi) is 38.5.